The van der Waals surface area contributed by atoms with Gasteiger partial charge in [0.2, 0.25) is 5.75 Å². The van der Waals surface area contributed by atoms with E-state index in [1.165, 1.54) is 30.5 Å². The SMILES string of the molecule is C[C@H](Oc1cccnc1[N+](=O)[O-])c1cc(F)ccc1Br. The van der Waals surface area contributed by atoms with E-state index in [9.17, 15) is 14.5 Å². The zero-order chi connectivity index (χ0) is 14.7. The predicted octanol–water partition coefficient (Wildman–Crippen LogP) is 4.03. The second-order valence-electron chi connectivity index (χ2n) is 4.01. The Morgan fingerprint density at radius 1 is 1.45 bits per heavy atom. The van der Waals surface area contributed by atoms with Crippen LogP contribution in [0.5, 0.6) is 5.75 Å². The molecule has 1 aromatic carbocycles. The van der Waals surface area contributed by atoms with Gasteiger partial charge in [-0.1, -0.05) is 15.9 Å². The van der Waals surface area contributed by atoms with Crippen LogP contribution in [0.4, 0.5) is 10.2 Å². The van der Waals surface area contributed by atoms with Crippen molar-refractivity contribution in [3.63, 3.8) is 0 Å². The minimum Gasteiger partial charge on any atom is -0.478 e. The molecule has 0 saturated heterocycles. The van der Waals surface area contributed by atoms with Gasteiger partial charge >= 0.3 is 5.82 Å². The smallest absolute Gasteiger partial charge is 0.406 e. The minimum atomic E-state index is -0.622. The van der Waals surface area contributed by atoms with Crippen LogP contribution in [0.1, 0.15) is 18.6 Å². The van der Waals surface area contributed by atoms with E-state index in [2.05, 4.69) is 20.9 Å². The number of ether oxygens (including phenoxy) is 1. The van der Waals surface area contributed by atoms with Crippen LogP contribution in [0.15, 0.2) is 41.0 Å². The van der Waals surface area contributed by atoms with Gasteiger partial charge in [0, 0.05) is 10.0 Å². The number of nitro groups is 1. The van der Waals surface area contributed by atoms with Crippen LogP contribution in [0.25, 0.3) is 0 Å². The Hall–Kier alpha value is -2.02. The third-order valence-electron chi connectivity index (χ3n) is 2.62. The quantitative estimate of drug-likeness (QED) is 0.622. The summed E-state index contributed by atoms with van der Waals surface area (Å²) >= 11 is 3.30. The van der Waals surface area contributed by atoms with Crippen molar-refractivity contribution in [3.8, 4) is 5.75 Å². The summed E-state index contributed by atoms with van der Waals surface area (Å²) < 4.78 is 19.4. The highest BCUT2D eigenvalue weighted by Gasteiger charge is 2.20. The average Bonchev–Trinajstić information content (AvgIpc) is 2.41. The highest BCUT2D eigenvalue weighted by Crippen LogP contribution is 2.31. The van der Waals surface area contributed by atoms with Crippen LogP contribution >= 0.6 is 15.9 Å². The van der Waals surface area contributed by atoms with Gasteiger partial charge in [0.25, 0.3) is 0 Å². The van der Waals surface area contributed by atoms with E-state index in [4.69, 9.17) is 4.74 Å². The van der Waals surface area contributed by atoms with Gasteiger partial charge < -0.3 is 14.9 Å². The standard InChI is InChI=1S/C13H10BrFN2O3/c1-8(10-7-9(15)4-5-11(10)14)20-12-3-2-6-16-13(12)17(18)19/h2-8H,1H3/t8-/m0/s1. The molecule has 0 fully saturated rings. The van der Waals surface area contributed by atoms with Gasteiger partial charge in [-0.25, -0.2) is 4.39 Å². The topological polar surface area (TPSA) is 65.3 Å². The Balaban J connectivity index is 2.30. The first-order valence-corrected chi connectivity index (χ1v) is 6.49. The van der Waals surface area contributed by atoms with E-state index in [1.807, 2.05) is 0 Å². The Labute approximate surface area is 122 Å². The first-order chi connectivity index (χ1) is 9.49. The molecule has 0 aliphatic heterocycles. The van der Waals surface area contributed by atoms with Crippen molar-refractivity contribution in [1.29, 1.82) is 0 Å². The van der Waals surface area contributed by atoms with Crippen molar-refractivity contribution in [2.75, 3.05) is 0 Å². The van der Waals surface area contributed by atoms with Crippen LogP contribution in [0.3, 0.4) is 0 Å². The van der Waals surface area contributed by atoms with Crippen molar-refractivity contribution in [2.24, 2.45) is 0 Å². The maximum Gasteiger partial charge on any atom is 0.406 e. The molecule has 1 atom stereocenters. The number of benzene rings is 1. The van der Waals surface area contributed by atoms with Crippen LogP contribution in [0, 0.1) is 15.9 Å². The number of aromatic nitrogens is 1. The number of nitrogens with zero attached hydrogens (tertiary/aromatic N) is 2. The van der Waals surface area contributed by atoms with E-state index in [-0.39, 0.29) is 11.6 Å². The Morgan fingerprint density at radius 3 is 2.90 bits per heavy atom. The summed E-state index contributed by atoms with van der Waals surface area (Å²) in [6, 6.07) is 7.18. The lowest BCUT2D eigenvalue weighted by Gasteiger charge is -2.16. The molecule has 0 aliphatic carbocycles. The molecule has 0 N–H and O–H groups in total. The first kappa shape index (κ1) is 14.4. The summed E-state index contributed by atoms with van der Waals surface area (Å²) in [6.45, 7) is 1.68. The van der Waals surface area contributed by atoms with Gasteiger partial charge in [0.1, 0.15) is 18.1 Å². The zero-order valence-corrected chi connectivity index (χ0v) is 12.0. The van der Waals surface area contributed by atoms with E-state index in [1.54, 1.807) is 13.0 Å². The number of hydrogen-bond donors (Lipinski definition) is 0. The molecule has 2 aromatic rings. The summed E-state index contributed by atoms with van der Waals surface area (Å²) in [5.41, 5.74) is 0.558. The summed E-state index contributed by atoms with van der Waals surface area (Å²) in [5.74, 6) is -0.729. The van der Waals surface area contributed by atoms with Gasteiger partial charge in [0.15, 0.2) is 0 Å². The third-order valence-corrected chi connectivity index (χ3v) is 3.35. The molecule has 0 aliphatic rings. The second-order valence-corrected chi connectivity index (χ2v) is 4.86. The molecule has 0 amide bonds. The summed E-state index contributed by atoms with van der Waals surface area (Å²) in [4.78, 5) is 13.9. The Morgan fingerprint density at radius 2 is 2.20 bits per heavy atom. The van der Waals surface area contributed by atoms with E-state index in [0.717, 1.165) is 0 Å². The van der Waals surface area contributed by atoms with Crippen molar-refractivity contribution >= 4 is 21.7 Å². The number of hydrogen-bond acceptors (Lipinski definition) is 4. The Bertz CT molecular complexity index is 651. The van der Waals surface area contributed by atoms with Gasteiger partial charge in [-0.2, -0.15) is 0 Å². The summed E-state index contributed by atoms with van der Waals surface area (Å²) in [6.07, 6.45) is 0.747. The molecule has 20 heavy (non-hydrogen) atoms. The first-order valence-electron chi connectivity index (χ1n) is 5.70. The van der Waals surface area contributed by atoms with Crippen LogP contribution in [-0.4, -0.2) is 9.91 Å². The van der Waals surface area contributed by atoms with Crippen molar-refractivity contribution in [3.05, 3.63) is 62.5 Å². The fourth-order valence-corrected chi connectivity index (χ4v) is 2.26. The molecule has 0 bridgehead atoms. The third kappa shape index (κ3) is 3.11. The van der Waals surface area contributed by atoms with Crippen molar-refractivity contribution < 1.29 is 14.1 Å². The maximum atomic E-state index is 13.3. The predicted molar refractivity (Wildman–Crippen MR) is 74.0 cm³/mol. The molecule has 0 saturated carbocycles. The molecule has 5 nitrogen and oxygen atoms in total. The normalized spacial score (nSPS) is 11.9. The second kappa shape index (κ2) is 5.96. The average molecular weight is 341 g/mol. The molecule has 1 heterocycles. The molecule has 0 spiro atoms. The van der Waals surface area contributed by atoms with Gasteiger partial charge in [-0.05, 0) is 47.2 Å². The van der Waals surface area contributed by atoms with Crippen LogP contribution in [0.2, 0.25) is 0 Å². The number of rotatable bonds is 4. The van der Waals surface area contributed by atoms with Crippen LogP contribution < -0.4 is 4.74 Å². The molecular formula is C13H10BrFN2O3. The van der Waals surface area contributed by atoms with Crippen LogP contribution in [-0.2, 0) is 0 Å². The van der Waals surface area contributed by atoms with Gasteiger partial charge in [0.05, 0.1) is 0 Å². The molecule has 0 unspecified atom stereocenters. The van der Waals surface area contributed by atoms with Crippen molar-refractivity contribution in [2.45, 2.75) is 13.0 Å². The lowest BCUT2D eigenvalue weighted by Crippen LogP contribution is -2.06. The van der Waals surface area contributed by atoms with E-state index < -0.39 is 16.8 Å². The maximum absolute atomic E-state index is 13.3. The molecule has 0 radical (unpaired) electrons. The van der Waals surface area contributed by atoms with Crippen molar-refractivity contribution in [1.82, 2.24) is 4.98 Å². The molecule has 104 valence electrons. The molecule has 2 rings (SSSR count). The summed E-state index contributed by atoms with van der Waals surface area (Å²) in [5, 5.41) is 10.9. The lowest BCUT2D eigenvalue weighted by molar-refractivity contribution is -0.390. The lowest BCUT2D eigenvalue weighted by atomic mass is 10.1. The molecule has 1 aromatic heterocycles. The highest BCUT2D eigenvalue weighted by atomic mass is 79.9. The molecular weight excluding hydrogens is 331 g/mol. The monoisotopic (exact) mass is 340 g/mol. The fraction of sp³-hybridized carbons (Fsp3) is 0.154. The largest absolute Gasteiger partial charge is 0.478 e. The number of pyridine rings is 1. The molecule has 7 heteroatoms. The van der Waals surface area contributed by atoms with Gasteiger partial charge in [-0.15, -0.1) is 0 Å². The minimum absolute atomic E-state index is 0.0427. The fourth-order valence-electron chi connectivity index (χ4n) is 1.69. The van der Waals surface area contributed by atoms with Gasteiger partial charge in [-0.3, -0.25) is 0 Å². The van der Waals surface area contributed by atoms with E-state index >= 15 is 0 Å². The highest BCUT2D eigenvalue weighted by molar-refractivity contribution is 9.10. The Kier molecular flexibility index (Phi) is 4.29. The zero-order valence-electron chi connectivity index (χ0n) is 10.4. The summed E-state index contributed by atoms with van der Waals surface area (Å²) in [7, 11) is 0. The number of halogens is 2. The van der Waals surface area contributed by atoms with E-state index in [0.29, 0.717) is 10.0 Å².